The molecular formula is C13H26N2O3S. The van der Waals surface area contributed by atoms with Crippen LogP contribution in [0.5, 0.6) is 0 Å². The van der Waals surface area contributed by atoms with Crippen LogP contribution in [0.25, 0.3) is 0 Å². The molecule has 0 radical (unpaired) electrons. The summed E-state index contributed by atoms with van der Waals surface area (Å²) in [5.41, 5.74) is 6.04. The molecule has 2 unspecified atom stereocenters. The molecule has 0 saturated carbocycles. The average Bonchev–Trinajstić information content (AvgIpc) is 2.52. The highest BCUT2D eigenvalue weighted by Gasteiger charge is 2.28. The van der Waals surface area contributed by atoms with Gasteiger partial charge in [-0.2, -0.15) is 0 Å². The molecule has 1 saturated heterocycles. The molecule has 1 fully saturated rings. The van der Waals surface area contributed by atoms with Crippen molar-refractivity contribution in [3.63, 3.8) is 0 Å². The minimum atomic E-state index is -2.87. The first kappa shape index (κ1) is 16.4. The minimum Gasteiger partial charge on any atom is -0.356 e. The highest BCUT2D eigenvalue weighted by molar-refractivity contribution is 7.91. The number of carbonyl (C=O) groups is 1. The van der Waals surface area contributed by atoms with Gasteiger partial charge in [-0.15, -0.1) is 0 Å². The van der Waals surface area contributed by atoms with Crippen molar-refractivity contribution in [3.05, 3.63) is 0 Å². The molecule has 0 aromatic rings. The topological polar surface area (TPSA) is 89.3 Å². The van der Waals surface area contributed by atoms with E-state index in [2.05, 4.69) is 26.1 Å². The highest BCUT2D eigenvalue weighted by atomic mass is 32.2. The van der Waals surface area contributed by atoms with E-state index in [4.69, 9.17) is 5.73 Å². The van der Waals surface area contributed by atoms with Crippen LogP contribution in [0.3, 0.4) is 0 Å². The fraction of sp³-hybridized carbons (Fsp3) is 0.923. The quantitative estimate of drug-likeness (QED) is 0.779. The van der Waals surface area contributed by atoms with Gasteiger partial charge in [0.25, 0.3) is 0 Å². The number of nitrogens with two attached hydrogens (primary N) is 1. The van der Waals surface area contributed by atoms with Crippen LogP contribution < -0.4 is 11.1 Å². The van der Waals surface area contributed by atoms with E-state index in [-0.39, 0.29) is 34.8 Å². The Labute approximate surface area is 116 Å². The van der Waals surface area contributed by atoms with Gasteiger partial charge < -0.3 is 11.1 Å². The zero-order chi connectivity index (χ0) is 14.7. The maximum Gasteiger partial charge on any atom is 0.221 e. The molecule has 1 aliphatic heterocycles. The second-order valence-electron chi connectivity index (χ2n) is 6.80. The van der Waals surface area contributed by atoms with Gasteiger partial charge in [-0.1, -0.05) is 20.8 Å². The van der Waals surface area contributed by atoms with Gasteiger partial charge in [-0.3, -0.25) is 4.79 Å². The maximum absolute atomic E-state index is 11.7. The Bertz CT molecular complexity index is 412. The molecule has 0 aromatic carbocycles. The number of hydrogen-bond acceptors (Lipinski definition) is 4. The van der Waals surface area contributed by atoms with Crippen LogP contribution in [0.15, 0.2) is 0 Å². The molecule has 0 spiro atoms. The van der Waals surface area contributed by atoms with Crippen LogP contribution in [0.4, 0.5) is 0 Å². The van der Waals surface area contributed by atoms with Crippen LogP contribution >= 0.6 is 0 Å². The number of amides is 1. The first-order valence-corrected chi connectivity index (χ1v) is 8.62. The molecule has 0 aromatic heterocycles. The van der Waals surface area contributed by atoms with Crippen LogP contribution in [0.1, 0.15) is 40.0 Å². The molecule has 112 valence electrons. The van der Waals surface area contributed by atoms with Crippen molar-refractivity contribution in [2.45, 2.75) is 46.1 Å². The summed E-state index contributed by atoms with van der Waals surface area (Å²) in [6.07, 6.45) is 1.74. The molecule has 5 nitrogen and oxygen atoms in total. The third-order valence-electron chi connectivity index (χ3n) is 3.24. The lowest BCUT2D eigenvalue weighted by molar-refractivity contribution is -0.121. The molecule has 1 heterocycles. The van der Waals surface area contributed by atoms with E-state index < -0.39 is 9.84 Å². The second kappa shape index (κ2) is 6.22. The normalized spacial score (nSPS) is 24.1. The summed E-state index contributed by atoms with van der Waals surface area (Å²) in [5, 5.41) is 2.80. The van der Waals surface area contributed by atoms with E-state index in [0.29, 0.717) is 19.4 Å². The van der Waals surface area contributed by atoms with E-state index in [1.54, 1.807) is 0 Å². The average molecular weight is 290 g/mol. The molecule has 6 heteroatoms. The lowest BCUT2D eigenvalue weighted by Gasteiger charge is -2.22. The van der Waals surface area contributed by atoms with E-state index in [0.717, 1.165) is 6.42 Å². The Morgan fingerprint density at radius 1 is 1.42 bits per heavy atom. The van der Waals surface area contributed by atoms with Crippen molar-refractivity contribution in [3.8, 4) is 0 Å². The molecule has 2 atom stereocenters. The summed E-state index contributed by atoms with van der Waals surface area (Å²) in [4.78, 5) is 11.7. The van der Waals surface area contributed by atoms with Gasteiger partial charge >= 0.3 is 0 Å². The van der Waals surface area contributed by atoms with Crippen molar-refractivity contribution in [2.24, 2.45) is 17.1 Å². The lowest BCUT2D eigenvalue weighted by Crippen LogP contribution is -2.36. The van der Waals surface area contributed by atoms with Gasteiger partial charge in [0.05, 0.1) is 11.5 Å². The zero-order valence-electron chi connectivity index (χ0n) is 12.1. The van der Waals surface area contributed by atoms with Gasteiger partial charge in [0, 0.05) is 19.0 Å². The summed E-state index contributed by atoms with van der Waals surface area (Å²) in [6.45, 7) is 6.72. The standard InChI is InChI=1S/C13H26N2O3S/c1-13(2,3)7-11(14)6-12(16)15-8-10-4-5-19(17,18)9-10/h10-11H,4-9,14H2,1-3H3,(H,15,16). The summed E-state index contributed by atoms with van der Waals surface area (Å²) in [5.74, 6) is 0.423. The SMILES string of the molecule is CC(C)(C)CC(N)CC(=O)NCC1CCS(=O)(=O)C1. The number of rotatable bonds is 5. The molecule has 1 aliphatic rings. The first-order chi connectivity index (χ1) is 8.57. The van der Waals surface area contributed by atoms with E-state index >= 15 is 0 Å². The van der Waals surface area contributed by atoms with Crippen molar-refractivity contribution in [1.82, 2.24) is 5.32 Å². The number of carbonyl (C=O) groups excluding carboxylic acids is 1. The minimum absolute atomic E-state index is 0.0628. The third kappa shape index (κ3) is 6.92. The summed E-state index contributed by atoms with van der Waals surface area (Å²) in [7, 11) is -2.87. The highest BCUT2D eigenvalue weighted by Crippen LogP contribution is 2.21. The Morgan fingerprint density at radius 2 is 2.05 bits per heavy atom. The summed E-state index contributed by atoms with van der Waals surface area (Å²) >= 11 is 0. The molecule has 19 heavy (non-hydrogen) atoms. The smallest absolute Gasteiger partial charge is 0.221 e. The second-order valence-corrected chi connectivity index (χ2v) is 9.03. The molecular weight excluding hydrogens is 264 g/mol. The zero-order valence-corrected chi connectivity index (χ0v) is 12.9. The van der Waals surface area contributed by atoms with Crippen LogP contribution in [0, 0.1) is 11.3 Å². The third-order valence-corrected chi connectivity index (χ3v) is 5.07. The van der Waals surface area contributed by atoms with Crippen molar-refractivity contribution in [2.75, 3.05) is 18.1 Å². The van der Waals surface area contributed by atoms with Crippen molar-refractivity contribution in [1.29, 1.82) is 0 Å². The molecule has 0 bridgehead atoms. The van der Waals surface area contributed by atoms with Gasteiger partial charge in [-0.25, -0.2) is 8.42 Å². The molecule has 1 rings (SSSR count). The van der Waals surface area contributed by atoms with Crippen LogP contribution in [-0.4, -0.2) is 38.4 Å². The Hall–Kier alpha value is -0.620. The Morgan fingerprint density at radius 3 is 2.53 bits per heavy atom. The first-order valence-electron chi connectivity index (χ1n) is 6.80. The van der Waals surface area contributed by atoms with E-state index in [1.165, 1.54) is 0 Å². The van der Waals surface area contributed by atoms with Gasteiger partial charge in [0.1, 0.15) is 0 Å². The van der Waals surface area contributed by atoms with Crippen LogP contribution in [-0.2, 0) is 14.6 Å². The van der Waals surface area contributed by atoms with E-state index in [1.807, 2.05) is 0 Å². The van der Waals surface area contributed by atoms with Crippen LogP contribution in [0.2, 0.25) is 0 Å². The van der Waals surface area contributed by atoms with Crippen molar-refractivity contribution < 1.29 is 13.2 Å². The Balaban J connectivity index is 2.25. The van der Waals surface area contributed by atoms with Gasteiger partial charge in [0.2, 0.25) is 5.91 Å². The van der Waals surface area contributed by atoms with E-state index in [9.17, 15) is 13.2 Å². The predicted octanol–water partition coefficient (Wildman–Crippen LogP) is 0.691. The number of nitrogens with one attached hydrogen (secondary N) is 1. The van der Waals surface area contributed by atoms with Gasteiger partial charge in [-0.05, 0) is 24.2 Å². The molecule has 3 N–H and O–H groups in total. The summed E-state index contributed by atoms with van der Waals surface area (Å²) in [6, 6.07) is -0.146. The largest absolute Gasteiger partial charge is 0.356 e. The number of sulfone groups is 1. The fourth-order valence-electron chi connectivity index (χ4n) is 2.46. The summed E-state index contributed by atoms with van der Waals surface area (Å²) < 4.78 is 22.6. The Kier molecular flexibility index (Phi) is 5.38. The van der Waals surface area contributed by atoms with Gasteiger partial charge in [0.15, 0.2) is 9.84 Å². The number of hydrogen-bond donors (Lipinski definition) is 2. The predicted molar refractivity (Wildman–Crippen MR) is 76.4 cm³/mol. The van der Waals surface area contributed by atoms with Crippen molar-refractivity contribution >= 4 is 15.7 Å². The monoisotopic (exact) mass is 290 g/mol. The molecule has 1 amide bonds. The lowest BCUT2D eigenvalue weighted by atomic mass is 9.87. The fourth-order valence-corrected chi connectivity index (χ4v) is 4.32. The molecule has 0 aliphatic carbocycles. The maximum atomic E-state index is 11.7.